The number of aromatic nitrogens is 1. The van der Waals surface area contributed by atoms with E-state index in [1.54, 1.807) is 0 Å². The fourth-order valence-electron chi connectivity index (χ4n) is 2.51. The lowest BCUT2D eigenvalue weighted by Crippen LogP contribution is -2.38. The summed E-state index contributed by atoms with van der Waals surface area (Å²) >= 11 is 1.53. The molecule has 0 saturated carbocycles. The molecule has 9 heteroatoms. The van der Waals surface area contributed by atoms with E-state index in [2.05, 4.69) is 22.1 Å². The van der Waals surface area contributed by atoms with E-state index < -0.39 is 11.9 Å². The Hall–Kier alpha value is -2.52. The van der Waals surface area contributed by atoms with Gasteiger partial charge in [-0.05, 0) is 44.0 Å². The van der Waals surface area contributed by atoms with Gasteiger partial charge in [-0.15, -0.1) is 0 Å². The number of thiazole rings is 1. The van der Waals surface area contributed by atoms with Gasteiger partial charge in [-0.2, -0.15) is 0 Å². The zero-order valence-electron chi connectivity index (χ0n) is 14.3. The van der Waals surface area contributed by atoms with Crippen molar-refractivity contribution in [3.05, 3.63) is 24.3 Å². The number of hydrogen-bond acceptors (Lipinski definition) is 6. The highest BCUT2D eigenvalue weighted by atomic mass is 32.1. The first-order chi connectivity index (χ1) is 12.3. The monoisotopic (exact) mass is 379 g/mol. The van der Waals surface area contributed by atoms with Crippen LogP contribution in [0.2, 0.25) is 0 Å². The lowest BCUT2D eigenvalue weighted by molar-refractivity contribution is -0.159. The number of anilines is 1. The molecule has 140 valence electrons. The maximum Gasteiger partial charge on any atom is 0.414 e. The third-order valence-electron chi connectivity index (χ3n) is 3.97. The number of carboxylic acids is 2. The lowest BCUT2D eigenvalue weighted by atomic mass is 9.99. The standard InChI is InChI=1S/C15H19N3OS.C2H2O4/c1-11-6-8-18(9-7-11)10-14(19)17-15-16-12-4-2-3-5-13(12)20-15;3-1(4)2(5)6/h2-5,11H,6-10H2,1H3,(H,16,17,19);(H,3,4)(H,5,6). The van der Waals surface area contributed by atoms with Crippen LogP contribution in [0.4, 0.5) is 5.13 Å². The Kier molecular flexibility index (Phi) is 7.05. The van der Waals surface area contributed by atoms with Gasteiger partial charge in [0.15, 0.2) is 5.13 Å². The van der Waals surface area contributed by atoms with Crippen molar-refractivity contribution in [1.29, 1.82) is 0 Å². The van der Waals surface area contributed by atoms with Crippen molar-refractivity contribution in [2.75, 3.05) is 25.0 Å². The molecule has 1 aliphatic rings. The van der Waals surface area contributed by atoms with E-state index >= 15 is 0 Å². The number of fused-ring (bicyclic) bond motifs is 1. The van der Waals surface area contributed by atoms with Gasteiger partial charge in [0, 0.05) is 0 Å². The number of carbonyl (C=O) groups excluding carboxylic acids is 1. The zero-order chi connectivity index (χ0) is 19.1. The average Bonchev–Trinajstić information content (AvgIpc) is 2.99. The minimum absolute atomic E-state index is 0.0404. The SMILES string of the molecule is CC1CCN(CC(=O)Nc2nc3ccccc3s2)CC1.O=C(O)C(=O)O. The summed E-state index contributed by atoms with van der Waals surface area (Å²) in [6.45, 7) is 4.80. The molecule has 0 radical (unpaired) electrons. The van der Waals surface area contributed by atoms with Gasteiger partial charge in [0.25, 0.3) is 0 Å². The predicted octanol–water partition coefficient (Wildman–Crippen LogP) is 2.12. The molecule has 1 saturated heterocycles. The minimum Gasteiger partial charge on any atom is -0.473 e. The van der Waals surface area contributed by atoms with Crippen LogP contribution in [0.25, 0.3) is 10.2 Å². The maximum absolute atomic E-state index is 12.1. The van der Waals surface area contributed by atoms with E-state index in [0.29, 0.717) is 11.7 Å². The molecule has 3 rings (SSSR count). The molecule has 1 aromatic carbocycles. The summed E-state index contributed by atoms with van der Waals surface area (Å²) in [5, 5.41) is 18.4. The lowest BCUT2D eigenvalue weighted by Gasteiger charge is -2.29. The number of nitrogens with zero attached hydrogens (tertiary/aromatic N) is 2. The quantitative estimate of drug-likeness (QED) is 0.699. The van der Waals surface area contributed by atoms with Crippen LogP contribution >= 0.6 is 11.3 Å². The Labute approximate surface area is 154 Å². The van der Waals surface area contributed by atoms with E-state index in [4.69, 9.17) is 19.8 Å². The van der Waals surface area contributed by atoms with Crippen LogP contribution in [0, 0.1) is 5.92 Å². The number of carbonyl (C=O) groups is 3. The molecule has 3 N–H and O–H groups in total. The first-order valence-electron chi connectivity index (χ1n) is 8.19. The Morgan fingerprint density at radius 1 is 1.19 bits per heavy atom. The molecular formula is C17H21N3O5S. The van der Waals surface area contributed by atoms with Crippen LogP contribution < -0.4 is 5.32 Å². The van der Waals surface area contributed by atoms with E-state index in [-0.39, 0.29) is 5.91 Å². The van der Waals surface area contributed by atoms with Crippen LogP contribution in [0.3, 0.4) is 0 Å². The molecule has 2 heterocycles. The van der Waals surface area contributed by atoms with Crippen molar-refractivity contribution in [3.63, 3.8) is 0 Å². The third-order valence-corrected chi connectivity index (χ3v) is 4.92. The molecule has 0 atom stereocenters. The van der Waals surface area contributed by atoms with Gasteiger partial charge < -0.3 is 15.5 Å². The Morgan fingerprint density at radius 3 is 2.38 bits per heavy atom. The molecular weight excluding hydrogens is 358 g/mol. The molecule has 1 amide bonds. The summed E-state index contributed by atoms with van der Waals surface area (Å²) in [6.07, 6.45) is 2.38. The zero-order valence-corrected chi connectivity index (χ0v) is 15.2. The fourth-order valence-corrected chi connectivity index (χ4v) is 3.39. The summed E-state index contributed by atoms with van der Waals surface area (Å²) < 4.78 is 1.11. The minimum atomic E-state index is -1.82. The number of carboxylic acid groups (broad SMARTS) is 2. The molecule has 2 aromatic rings. The van der Waals surface area contributed by atoms with Crippen LogP contribution in [-0.2, 0) is 14.4 Å². The second-order valence-electron chi connectivity index (χ2n) is 6.10. The van der Waals surface area contributed by atoms with Gasteiger partial charge in [0.2, 0.25) is 5.91 Å². The number of nitrogens with one attached hydrogen (secondary N) is 1. The number of amides is 1. The van der Waals surface area contributed by atoms with Crippen LogP contribution in [0.5, 0.6) is 0 Å². The number of likely N-dealkylation sites (tertiary alicyclic amines) is 1. The van der Waals surface area contributed by atoms with Crippen molar-refractivity contribution >= 4 is 44.5 Å². The van der Waals surface area contributed by atoms with Gasteiger partial charge in [-0.25, -0.2) is 14.6 Å². The molecule has 0 unspecified atom stereocenters. The highest BCUT2D eigenvalue weighted by molar-refractivity contribution is 7.22. The van der Waals surface area contributed by atoms with Gasteiger partial charge in [-0.1, -0.05) is 30.4 Å². The number of rotatable bonds is 3. The molecule has 0 bridgehead atoms. The Morgan fingerprint density at radius 2 is 1.81 bits per heavy atom. The second-order valence-corrected chi connectivity index (χ2v) is 7.13. The maximum atomic E-state index is 12.1. The number of piperidine rings is 1. The van der Waals surface area contributed by atoms with Crippen LogP contribution in [0.15, 0.2) is 24.3 Å². The molecule has 0 aliphatic carbocycles. The highest BCUT2D eigenvalue weighted by Crippen LogP contribution is 2.25. The van der Waals surface area contributed by atoms with Gasteiger partial charge in [-0.3, -0.25) is 9.69 Å². The highest BCUT2D eigenvalue weighted by Gasteiger charge is 2.18. The second kappa shape index (κ2) is 9.25. The first kappa shape index (κ1) is 19.8. The third kappa shape index (κ3) is 6.08. The summed E-state index contributed by atoms with van der Waals surface area (Å²) in [6, 6.07) is 7.94. The number of aliphatic carboxylic acids is 2. The largest absolute Gasteiger partial charge is 0.473 e. The van der Waals surface area contributed by atoms with Crippen molar-refractivity contribution in [2.24, 2.45) is 5.92 Å². The van der Waals surface area contributed by atoms with Crippen LogP contribution in [0.1, 0.15) is 19.8 Å². The fraction of sp³-hybridized carbons (Fsp3) is 0.412. The topological polar surface area (TPSA) is 120 Å². The Balaban J connectivity index is 0.000000352. The summed E-state index contributed by atoms with van der Waals surface area (Å²) in [5.41, 5.74) is 0.944. The molecule has 1 aromatic heterocycles. The number of hydrogen-bond donors (Lipinski definition) is 3. The summed E-state index contributed by atoms with van der Waals surface area (Å²) in [5.74, 6) is -2.82. The molecule has 0 spiro atoms. The Bertz CT molecular complexity index is 739. The van der Waals surface area contributed by atoms with Crippen molar-refractivity contribution in [3.8, 4) is 0 Å². The van der Waals surface area contributed by atoms with Crippen molar-refractivity contribution < 1.29 is 24.6 Å². The first-order valence-corrected chi connectivity index (χ1v) is 9.00. The van der Waals surface area contributed by atoms with E-state index in [0.717, 1.165) is 29.2 Å². The smallest absolute Gasteiger partial charge is 0.414 e. The van der Waals surface area contributed by atoms with E-state index in [9.17, 15) is 4.79 Å². The van der Waals surface area contributed by atoms with Crippen LogP contribution in [-0.4, -0.2) is 57.6 Å². The predicted molar refractivity (Wildman–Crippen MR) is 98.4 cm³/mol. The van der Waals surface area contributed by atoms with E-state index in [1.165, 1.54) is 24.2 Å². The number of para-hydroxylation sites is 1. The molecule has 8 nitrogen and oxygen atoms in total. The van der Waals surface area contributed by atoms with Gasteiger partial charge in [0.1, 0.15) is 0 Å². The summed E-state index contributed by atoms with van der Waals surface area (Å²) in [4.78, 5) is 36.9. The summed E-state index contributed by atoms with van der Waals surface area (Å²) in [7, 11) is 0. The van der Waals surface area contributed by atoms with Crippen molar-refractivity contribution in [1.82, 2.24) is 9.88 Å². The molecule has 26 heavy (non-hydrogen) atoms. The normalized spacial score (nSPS) is 15.1. The molecule has 1 aliphatic heterocycles. The van der Waals surface area contributed by atoms with Crippen molar-refractivity contribution in [2.45, 2.75) is 19.8 Å². The van der Waals surface area contributed by atoms with Gasteiger partial charge in [0.05, 0.1) is 16.8 Å². The number of benzene rings is 1. The van der Waals surface area contributed by atoms with E-state index in [1.807, 2.05) is 24.3 Å². The molecule has 1 fully saturated rings. The van der Waals surface area contributed by atoms with Gasteiger partial charge >= 0.3 is 11.9 Å². The average molecular weight is 379 g/mol.